The summed E-state index contributed by atoms with van der Waals surface area (Å²) in [5, 5.41) is 9.53. The van der Waals surface area contributed by atoms with Gasteiger partial charge in [0.1, 0.15) is 0 Å². The van der Waals surface area contributed by atoms with Gasteiger partial charge in [-0.2, -0.15) is 0 Å². The van der Waals surface area contributed by atoms with Crippen molar-refractivity contribution in [2.45, 2.75) is 46.1 Å². The van der Waals surface area contributed by atoms with Crippen LogP contribution in [0.25, 0.3) is 0 Å². The van der Waals surface area contributed by atoms with Crippen molar-refractivity contribution >= 4 is 0 Å². The van der Waals surface area contributed by atoms with Gasteiger partial charge < -0.3 is 10.0 Å². The monoisotopic (exact) mass is 187 g/mol. The van der Waals surface area contributed by atoms with Crippen molar-refractivity contribution in [3.05, 3.63) is 0 Å². The van der Waals surface area contributed by atoms with Gasteiger partial charge in [-0.05, 0) is 33.2 Å². The van der Waals surface area contributed by atoms with Crippen LogP contribution in [0, 0.1) is 5.92 Å². The second-order valence-corrected chi connectivity index (χ2v) is 4.84. The van der Waals surface area contributed by atoms with Gasteiger partial charge >= 0.3 is 0 Å². The maximum absolute atomic E-state index is 9.53. The highest BCUT2D eigenvalue weighted by Crippen LogP contribution is 2.09. The minimum absolute atomic E-state index is 0.524. The Morgan fingerprint density at radius 2 is 1.92 bits per heavy atom. The first kappa shape index (κ1) is 12.9. The molecule has 0 aromatic carbocycles. The number of aliphatic hydroxyl groups is 1. The van der Waals surface area contributed by atoms with Crippen molar-refractivity contribution in [1.29, 1.82) is 0 Å². The Morgan fingerprint density at radius 3 is 2.31 bits per heavy atom. The largest absolute Gasteiger partial charge is 0.390 e. The molecule has 0 aliphatic rings. The summed E-state index contributed by atoms with van der Waals surface area (Å²) >= 11 is 0. The zero-order chi connectivity index (χ0) is 10.5. The lowest BCUT2D eigenvalue weighted by Crippen LogP contribution is -2.31. The van der Waals surface area contributed by atoms with E-state index in [1.807, 2.05) is 13.8 Å². The molecule has 2 nitrogen and oxygen atoms in total. The van der Waals surface area contributed by atoms with Crippen LogP contribution in [-0.2, 0) is 0 Å². The van der Waals surface area contributed by atoms with Crippen molar-refractivity contribution < 1.29 is 5.11 Å². The van der Waals surface area contributed by atoms with E-state index >= 15 is 0 Å². The molecule has 0 aromatic heterocycles. The third-order valence-electron chi connectivity index (χ3n) is 2.43. The third-order valence-corrected chi connectivity index (χ3v) is 2.43. The van der Waals surface area contributed by atoms with E-state index in [0.29, 0.717) is 0 Å². The smallest absolute Gasteiger partial charge is 0.0603 e. The van der Waals surface area contributed by atoms with Crippen LogP contribution in [0.1, 0.15) is 40.5 Å². The molecule has 0 rings (SSSR count). The van der Waals surface area contributed by atoms with Gasteiger partial charge in [-0.15, -0.1) is 0 Å². The first-order valence-electron chi connectivity index (χ1n) is 5.26. The number of rotatable bonds is 6. The second-order valence-electron chi connectivity index (χ2n) is 4.84. The second kappa shape index (κ2) is 5.61. The van der Waals surface area contributed by atoms with E-state index < -0.39 is 5.60 Å². The number of nitrogens with zero attached hydrogens (tertiary/aromatic N) is 1. The van der Waals surface area contributed by atoms with E-state index in [0.717, 1.165) is 25.4 Å². The molecule has 0 spiro atoms. The Bertz CT molecular complexity index is 129. The molecule has 0 aliphatic carbocycles. The van der Waals surface area contributed by atoms with E-state index in [1.54, 1.807) is 0 Å². The van der Waals surface area contributed by atoms with E-state index in [-0.39, 0.29) is 0 Å². The predicted molar refractivity (Wildman–Crippen MR) is 57.9 cm³/mol. The summed E-state index contributed by atoms with van der Waals surface area (Å²) in [4.78, 5) is 2.30. The van der Waals surface area contributed by atoms with Crippen LogP contribution < -0.4 is 0 Å². The molecule has 0 saturated carbocycles. The Labute approximate surface area is 82.9 Å². The highest BCUT2D eigenvalue weighted by atomic mass is 16.3. The van der Waals surface area contributed by atoms with Gasteiger partial charge in [0.15, 0.2) is 0 Å². The maximum atomic E-state index is 9.53. The molecule has 0 fully saturated rings. The van der Waals surface area contributed by atoms with E-state index in [2.05, 4.69) is 25.8 Å². The van der Waals surface area contributed by atoms with Crippen LogP contribution in [0.3, 0.4) is 0 Å². The number of hydrogen-bond donors (Lipinski definition) is 1. The summed E-state index contributed by atoms with van der Waals surface area (Å²) in [6, 6.07) is 0. The summed E-state index contributed by atoms with van der Waals surface area (Å²) in [5.41, 5.74) is -0.524. The van der Waals surface area contributed by atoms with Gasteiger partial charge in [0.25, 0.3) is 0 Å². The van der Waals surface area contributed by atoms with Crippen LogP contribution in [0.2, 0.25) is 0 Å². The van der Waals surface area contributed by atoms with Crippen molar-refractivity contribution in [1.82, 2.24) is 4.90 Å². The first-order chi connectivity index (χ1) is 5.85. The fourth-order valence-electron chi connectivity index (χ4n) is 1.22. The Balaban J connectivity index is 3.57. The molecule has 0 radical (unpaired) electrons. The SMILES string of the molecule is CCC(C)CN(C)CCC(C)(C)O. The van der Waals surface area contributed by atoms with Crippen molar-refractivity contribution in [3.8, 4) is 0 Å². The zero-order valence-corrected chi connectivity index (χ0v) is 9.80. The van der Waals surface area contributed by atoms with E-state index in [4.69, 9.17) is 0 Å². The lowest BCUT2D eigenvalue weighted by Gasteiger charge is -2.24. The normalized spacial score (nSPS) is 15.0. The molecule has 1 atom stereocenters. The summed E-state index contributed by atoms with van der Waals surface area (Å²) in [6.45, 7) is 10.3. The van der Waals surface area contributed by atoms with Crippen LogP contribution in [-0.4, -0.2) is 35.7 Å². The van der Waals surface area contributed by atoms with Crippen molar-refractivity contribution in [2.24, 2.45) is 5.92 Å². The van der Waals surface area contributed by atoms with Crippen molar-refractivity contribution in [3.63, 3.8) is 0 Å². The summed E-state index contributed by atoms with van der Waals surface area (Å²) in [5.74, 6) is 0.756. The highest BCUT2D eigenvalue weighted by molar-refractivity contribution is 4.68. The molecule has 0 heterocycles. The van der Waals surface area contributed by atoms with Gasteiger partial charge in [0.2, 0.25) is 0 Å². The molecule has 13 heavy (non-hydrogen) atoms. The maximum Gasteiger partial charge on any atom is 0.0603 e. The van der Waals surface area contributed by atoms with Crippen LogP contribution in [0.15, 0.2) is 0 Å². The molecule has 0 bridgehead atoms. The zero-order valence-electron chi connectivity index (χ0n) is 9.80. The molecule has 1 unspecified atom stereocenters. The molecule has 1 N–H and O–H groups in total. The lowest BCUT2D eigenvalue weighted by atomic mass is 10.0. The topological polar surface area (TPSA) is 23.5 Å². The van der Waals surface area contributed by atoms with Gasteiger partial charge in [-0.3, -0.25) is 0 Å². The van der Waals surface area contributed by atoms with Crippen LogP contribution in [0.4, 0.5) is 0 Å². The molecular weight excluding hydrogens is 162 g/mol. The lowest BCUT2D eigenvalue weighted by molar-refractivity contribution is 0.0592. The van der Waals surface area contributed by atoms with Gasteiger partial charge in [0.05, 0.1) is 5.60 Å². The Morgan fingerprint density at radius 1 is 1.38 bits per heavy atom. The standard InChI is InChI=1S/C11H25NO/c1-6-10(2)9-12(5)8-7-11(3,4)13/h10,13H,6-9H2,1-5H3. The molecule has 80 valence electrons. The van der Waals surface area contributed by atoms with E-state index in [9.17, 15) is 5.11 Å². The van der Waals surface area contributed by atoms with E-state index in [1.165, 1.54) is 6.42 Å². The summed E-state index contributed by atoms with van der Waals surface area (Å²) < 4.78 is 0. The minimum Gasteiger partial charge on any atom is -0.390 e. The summed E-state index contributed by atoms with van der Waals surface area (Å²) in [7, 11) is 2.12. The predicted octanol–water partition coefficient (Wildman–Crippen LogP) is 2.13. The molecule has 2 heteroatoms. The average Bonchev–Trinajstić information content (AvgIpc) is 1.99. The van der Waals surface area contributed by atoms with Crippen LogP contribution >= 0.6 is 0 Å². The minimum atomic E-state index is -0.524. The molecule has 0 amide bonds. The van der Waals surface area contributed by atoms with Gasteiger partial charge in [-0.25, -0.2) is 0 Å². The fraction of sp³-hybridized carbons (Fsp3) is 1.00. The Kier molecular flexibility index (Phi) is 5.57. The first-order valence-corrected chi connectivity index (χ1v) is 5.26. The molecular formula is C11H25NO. The average molecular weight is 187 g/mol. The fourth-order valence-corrected chi connectivity index (χ4v) is 1.22. The van der Waals surface area contributed by atoms with Gasteiger partial charge in [0, 0.05) is 13.1 Å². The molecule has 0 saturated heterocycles. The van der Waals surface area contributed by atoms with Crippen molar-refractivity contribution in [2.75, 3.05) is 20.1 Å². The highest BCUT2D eigenvalue weighted by Gasteiger charge is 2.13. The quantitative estimate of drug-likeness (QED) is 0.688. The van der Waals surface area contributed by atoms with Crippen LogP contribution in [0.5, 0.6) is 0 Å². The summed E-state index contributed by atoms with van der Waals surface area (Å²) in [6.07, 6.45) is 2.08. The molecule has 0 aromatic rings. The Hall–Kier alpha value is -0.0800. The molecule has 0 aliphatic heterocycles. The number of hydrogen-bond acceptors (Lipinski definition) is 2. The third kappa shape index (κ3) is 8.26. The van der Waals surface area contributed by atoms with Gasteiger partial charge in [-0.1, -0.05) is 20.3 Å².